The van der Waals surface area contributed by atoms with Crippen molar-refractivity contribution in [2.24, 2.45) is 11.8 Å². The normalized spacial score (nSPS) is 15.0. The van der Waals surface area contributed by atoms with Gasteiger partial charge in [0.05, 0.1) is 0 Å². The second-order valence-corrected chi connectivity index (χ2v) is 7.89. The Hall–Kier alpha value is -0.530. The van der Waals surface area contributed by atoms with Gasteiger partial charge in [0.1, 0.15) is 0 Å². The van der Waals surface area contributed by atoms with Gasteiger partial charge < -0.3 is 5.32 Å². The number of rotatable bonds is 8. The van der Waals surface area contributed by atoms with Gasteiger partial charge in [-0.2, -0.15) is 0 Å². The summed E-state index contributed by atoms with van der Waals surface area (Å²) < 4.78 is 0. The molecule has 1 rings (SSSR count). The summed E-state index contributed by atoms with van der Waals surface area (Å²) in [5, 5.41) is 4.50. The summed E-state index contributed by atoms with van der Waals surface area (Å²) in [6.07, 6.45) is 5.03. The predicted molar refractivity (Wildman–Crippen MR) is 95.1 cm³/mol. The Morgan fingerprint density at radius 1 is 1.14 bits per heavy atom. The maximum absolute atomic E-state index is 5.98. The molecule has 0 aliphatic heterocycles. The van der Waals surface area contributed by atoms with Crippen LogP contribution in [0.1, 0.15) is 59.4 Å². The SMILES string of the molecule is CCCC(C)CC(CNC(C)(C)C)Cc1ccc(Cl)cc1. The van der Waals surface area contributed by atoms with Gasteiger partial charge >= 0.3 is 0 Å². The van der Waals surface area contributed by atoms with E-state index in [9.17, 15) is 0 Å². The topological polar surface area (TPSA) is 12.0 Å². The third-order valence-electron chi connectivity index (χ3n) is 3.88. The van der Waals surface area contributed by atoms with E-state index in [1.165, 1.54) is 24.8 Å². The van der Waals surface area contributed by atoms with Crippen molar-refractivity contribution in [3.63, 3.8) is 0 Å². The molecule has 1 nitrogen and oxygen atoms in total. The van der Waals surface area contributed by atoms with Crippen molar-refractivity contribution in [2.45, 2.75) is 65.8 Å². The Morgan fingerprint density at radius 2 is 1.76 bits per heavy atom. The first-order chi connectivity index (χ1) is 9.80. The fourth-order valence-electron chi connectivity index (χ4n) is 2.82. The fourth-order valence-corrected chi connectivity index (χ4v) is 2.95. The number of benzene rings is 1. The molecule has 1 aromatic rings. The lowest BCUT2D eigenvalue weighted by molar-refractivity contribution is 0.315. The molecular formula is C19H32ClN. The van der Waals surface area contributed by atoms with Crippen molar-refractivity contribution in [1.82, 2.24) is 5.32 Å². The third-order valence-corrected chi connectivity index (χ3v) is 4.13. The van der Waals surface area contributed by atoms with Gasteiger partial charge in [0, 0.05) is 10.6 Å². The van der Waals surface area contributed by atoms with E-state index in [1.807, 2.05) is 12.1 Å². The first-order valence-electron chi connectivity index (χ1n) is 8.29. The Balaban J connectivity index is 2.63. The van der Waals surface area contributed by atoms with Crippen LogP contribution in [-0.4, -0.2) is 12.1 Å². The summed E-state index contributed by atoms with van der Waals surface area (Å²) >= 11 is 5.98. The van der Waals surface area contributed by atoms with Crippen molar-refractivity contribution in [2.75, 3.05) is 6.54 Å². The second kappa shape index (κ2) is 8.80. The van der Waals surface area contributed by atoms with E-state index in [1.54, 1.807) is 0 Å². The molecule has 2 unspecified atom stereocenters. The molecule has 0 spiro atoms. The van der Waals surface area contributed by atoms with Crippen LogP contribution in [-0.2, 0) is 6.42 Å². The molecule has 2 heteroatoms. The van der Waals surface area contributed by atoms with E-state index in [0.29, 0.717) is 5.92 Å². The van der Waals surface area contributed by atoms with Crippen molar-refractivity contribution in [1.29, 1.82) is 0 Å². The minimum atomic E-state index is 0.187. The highest BCUT2D eigenvalue weighted by Gasteiger charge is 2.17. The summed E-state index contributed by atoms with van der Waals surface area (Å²) in [7, 11) is 0. The molecule has 0 radical (unpaired) electrons. The molecule has 0 aromatic heterocycles. The first-order valence-corrected chi connectivity index (χ1v) is 8.67. The summed E-state index contributed by atoms with van der Waals surface area (Å²) in [4.78, 5) is 0. The smallest absolute Gasteiger partial charge is 0.0406 e. The zero-order valence-corrected chi connectivity index (χ0v) is 15.1. The Morgan fingerprint density at radius 3 is 2.29 bits per heavy atom. The molecular weight excluding hydrogens is 278 g/mol. The Kier molecular flexibility index (Phi) is 7.76. The molecule has 120 valence electrons. The average molecular weight is 310 g/mol. The van der Waals surface area contributed by atoms with Crippen LogP contribution in [0.2, 0.25) is 5.02 Å². The predicted octanol–water partition coefficient (Wildman–Crippen LogP) is 5.71. The van der Waals surface area contributed by atoms with Gasteiger partial charge in [0.15, 0.2) is 0 Å². The standard InChI is InChI=1S/C19H32ClN/c1-6-7-15(2)12-17(14-21-19(3,4)5)13-16-8-10-18(20)11-9-16/h8-11,15,17,21H,6-7,12-14H2,1-5H3. The number of nitrogens with one attached hydrogen (secondary N) is 1. The highest BCUT2D eigenvalue weighted by atomic mass is 35.5. The van der Waals surface area contributed by atoms with Crippen LogP contribution in [0.25, 0.3) is 0 Å². The highest BCUT2D eigenvalue weighted by molar-refractivity contribution is 6.30. The maximum atomic E-state index is 5.98. The number of hydrogen-bond acceptors (Lipinski definition) is 1. The van der Waals surface area contributed by atoms with Crippen molar-refractivity contribution in [3.8, 4) is 0 Å². The summed E-state index contributed by atoms with van der Waals surface area (Å²) in [5.41, 5.74) is 1.58. The largest absolute Gasteiger partial charge is 0.312 e. The van der Waals surface area contributed by atoms with Gasteiger partial charge in [-0.05, 0) is 69.7 Å². The van der Waals surface area contributed by atoms with Crippen molar-refractivity contribution >= 4 is 11.6 Å². The van der Waals surface area contributed by atoms with Crippen molar-refractivity contribution in [3.05, 3.63) is 34.9 Å². The Bertz CT molecular complexity index is 391. The van der Waals surface area contributed by atoms with Crippen LogP contribution in [0.15, 0.2) is 24.3 Å². The lowest BCUT2D eigenvalue weighted by Crippen LogP contribution is -2.40. The van der Waals surface area contributed by atoms with Crippen LogP contribution < -0.4 is 5.32 Å². The molecule has 0 saturated carbocycles. The molecule has 1 aromatic carbocycles. The van der Waals surface area contributed by atoms with Crippen LogP contribution in [0, 0.1) is 11.8 Å². The molecule has 0 bridgehead atoms. The summed E-state index contributed by atoms with van der Waals surface area (Å²) in [6, 6.07) is 8.33. The molecule has 21 heavy (non-hydrogen) atoms. The van der Waals surface area contributed by atoms with Gasteiger partial charge in [0.2, 0.25) is 0 Å². The van der Waals surface area contributed by atoms with Crippen LogP contribution in [0.5, 0.6) is 0 Å². The second-order valence-electron chi connectivity index (χ2n) is 7.46. The highest BCUT2D eigenvalue weighted by Crippen LogP contribution is 2.22. The summed E-state index contributed by atoms with van der Waals surface area (Å²) in [6.45, 7) is 12.5. The van der Waals surface area contributed by atoms with Gasteiger partial charge in [-0.25, -0.2) is 0 Å². The van der Waals surface area contributed by atoms with E-state index in [4.69, 9.17) is 11.6 Å². The quantitative estimate of drug-likeness (QED) is 0.648. The number of halogens is 1. The molecule has 2 atom stereocenters. The number of hydrogen-bond donors (Lipinski definition) is 1. The first kappa shape index (κ1) is 18.5. The maximum Gasteiger partial charge on any atom is 0.0406 e. The average Bonchev–Trinajstić information content (AvgIpc) is 2.38. The van der Waals surface area contributed by atoms with E-state index in [-0.39, 0.29) is 5.54 Å². The molecule has 0 heterocycles. The van der Waals surface area contributed by atoms with Gasteiger partial charge in [0.25, 0.3) is 0 Å². The lowest BCUT2D eigenvalue weighted by Gasteiger charge is -2.27. The van der Waals surface area contributed by atoms with Gasteiger partial charge in [-0.15, -0.1) is 0 Å². The van der Waals surface area contributed by atoms with Crippen molar-refractivity contribution < 1.29 is 0 Å². The van der Waals surface area contributed by atoms with Gasteiger partial charge in [-0.3, -0.25) is 0 Å². The minimum absolute atomic E-state index is 0.187. The van der Waals surface area contributed by atoms with Gasteiger partial charge in [-0.1, -0.05) is 50.4 Å². The molecule has 0 amide bonds. The summed E-state index contributed by atoms with van der Waals surface area (Å²) in [5.74, 6) is 1.49. The van der Waals surface area contributed by atoms with Crippen LogP contribution in [0.4, 0.5) is 0 Å². The van der Waals surface area contributed by atoms with E-state index in [2.05, 4.69) is 52.1 Å². The molecule has 0 fully saturated rings. The molecule has 1 N–H and O–H groups in total. The Labute approximate surface area is 136 Å². The van der Waals surface area contributed by atoms with Crippen LogP contribution in [0.3, 0.4) is 0 Å². The minimum Gasteiger partial charge on any atom is -0.312 e. The molecule has 0 saturated heterocycles. The third kappa shape index (κ3) is 8.48. The van der Waals surface area contributed by atoms with E-state index < -0.39 is 0 Å². The fraction of sp³-hybridized carbons (Fsp3) is 0.684. The lowest BCUT2D eigenvalue weighted by atomic mass is 9.87. The van der Waals surface area contributed by atoms with E-state index >= 15 is 0 Å². The monoisotopic (exact) mass is 309 g/mol. The molecule has 0 aliphatic carbocycles. The zero-order valence-electron chi connectivity index (χ0n) is 14.4. The zero-order chi connectivity index (χ0) is 15.9. The van der Waals surface area contributed by atoms with Crippen LogP contribution >= 0.6 is 11.6 Å². The molecule has 0 aliphatic rings. The van der Waals surface area contributed by atoms with E-state index in [0.717, 1.165) is 23.9 Å².